The van der Waals surface area contributed by atoms with E-state index in [1.54, 1.807) is 7.11 Å². The first kappa shape index (κ1) is 14.5. The zero-order valence-corrected chi connectivity index (χ0v) is 12.5. The van der Waals surface area contributed by atoms with Gasteiger partial charge in [0, 0.05) is 24.7 Å². The third kappa shape index (κ3) is 3.10. The number of methoxy groups -OCH3 is 1. The Morgan fingerprint density at radius 2 is 1.95 bits per heavy atom. The number of carbonyl (C=O) groups excluding carboxylic acids is 1. The van der Waals surface area contributed by atoms with Crippen molar-refractivity contribution in [2.75, 3.05) is 20.3 Å². The number of fused-ring (bicyclic) bond motifs is 1. The van der Waals surface area contributed by atoms with Crippen LogP contribution in [-0.2, 0) is 11.2 Å². The third-order valence-corrected chi connectivity index (χ3v) is 3.69. The quantitative estimate of drug-likeness (QED) is 0.625. The van der Waals surface area contributed by atoms with E-state index in [4.69, 9.17) is 9.47 Å². The number of allylic oxidation sites excluding steroid dienone is 1. The van der Waals surface area contributed by atoms with Crippen LogP contribution in [0.1, 0.15) is 21.5 Å². The number of hydrogen-bond acceptors (Lipinski definition) is 3. The van der Waals surface area contributed by atoms with Gasteiger partial charge >= 0.3 is 0 Å². The summed E-state index contributed by atoms with van der Waals surface area (Å²) in [4.78, 5) is 12.4. The van der Waals surface area contributed by atoms with E-state index in [1.807, 2.05) is 54.6 Å². The molecule has 0 fully saturated rings. The number of rotatable bonds is 5. The molecule has 0 amide bonds. The Balaban J connectivity index is 1.79. The second kappa shape index (κ2) is 6.58. The van der Waals surface area contributed by atoms with Gasteiger partial charge in [-0.2, -0.15) is 0 Å². The minimum Gasteiger partial charge on any atom is -0.491 e. The van der Waals surface area contributed by atoms with Crippen LogP contribution >= 0.6 is 0 Å². The van der Waals surface area contributed by atoms with Gasteiger partial charge in [-0.05, 0) is 29.3 Å². The molecule has 22 heavy (non-hydrogen) atoms. The predicted molar refractivity (Wildman–Crippen MR) is 86.3 cm³/mol. The molecule has 2 aromatic rings. The summed E-state index contributed by atoms with van der Waals surface area (Å²) in [5.41, 5.74) is 3.73. The summed E-state index contributed by atoms with van der Waals surface area (Å²) in [6.07, 6.45) is 2.65. The molecular formula is C19H18O3. The van der Waals surface area contributed by atoms with E-state index >= 15 is 0 Å². The average Bonchev–Trinajstić information content (AvgIpc) is 2.85. The molecule has 0 heterocycles. The summed E-state index contributed by atoms with van der Waals surface area (Å²) in [5.74, 6) is 0.913. The normalized spacial score (nSPS) is 15.1. The highest BCUT2D eigenvalue weighted by Gasteiger charge is 2.23. The van der Waals surface area contributed by atoms with Crippen LogP contribution in [-0.4, -0.2) is 26.1 Å². The molecule has 0 bridgehead atoms. The maximum Gasteiger partial charge on any atom is 0.189 e. The molecule has 0 atom stereocenters. The summed E-state index contributed by atoms with van der Waals surface area (Å²) in [7, 11) is 1.65. The Hall–Kier alpha value is -2.39. The van der Waals surface area contributed by atoms with Crippen molar-refractivity contribution >= 4 is 11.9 Å². The van der Waals surface area contributed by atoms with E-state index in [0.717, 1.165) is 28.0 Å². The van der Waals surface area contributed by atoms with Gasteiger partial charge in [-0.15, -0.1) is 0 Å². The Morgan fingerprint density at radius 1 is 1.09 bits per heavy atom. The molecule has 0 spiro atoms. The van der Waals surface area contributed by atoms with Gasteiger partial charge in [0.25, 0.3) is 0 Å². The monoisotopic (exact) mass is 294 g/mol. The fraction of sp³-hybridized carbons (Fsp3) is 0.211. The molecule has 2 aromatic carbocycles. The van der Waals surface area contributed by atoms with E-state index in [0.29, 0.717) is 19.6 Å². The van der Waals surface area contributed by atoms with Crippen molar-refractivity contribution in [3.63, 3.8) is 0 Å². The number of ketones is 1. The molecule has 3 rings (SSSR count). The van der Waals surface area contributed by atoms with Crippen LogP contribution in [0.15, 0.2) is 54.1 Å². The fourth-order valence-electron chi connectivity index (χ4n) is 2.61. The van der Waals surface area contributed by atoms with Gasteiger partial charge in [-0.1, -0.05) is 36.4 Å². The highest BCUT2D eigenvalue weighted by molar-refractivity contribution is 6.15. The molecule has 3 heteroatoms. The molecule has 0 aliphatic heterocycles. The van der Waals surface area contributed by atoms with Gasteiger partial charge < -0.3 is 9.47 Å². The van der Waals surface area contributed by atoms with Crippen LogP contribution < -0.4 is 4.74 Å². The Kier molecular flexibility index (Phi) is 4.35. The minimum atomic E-state index is 0.126. The largest absolute Gasteiger partial charge is 0.491 e. The molecule has 112 valence electrons. The van der Waals surface area contributed by atoms with Crippen molar-refractivity contribution in [1.29, 1.82) is 0 Å². The SMILES string of the molecule is COCCOc1cccc(/C=C2\Cc3ccccc3C2=O)c1. The Labute approximate surface area is 130 Å². The van der Waals surface area contributed by atoms with Crippen LogP contribution in [0.3, 0.4) is 0 Å². The van der Waals surface area contributed by atoms with Crippen molar-refractivity contribution < 1.29 is 14.3 Å². The van der Waals surface area contributed by atoms with Crippen LogP contribution in [0.2, 0.25) is 0 Å². The van der Waals surface area contributed by atoms with Crippen LogP contribution in [0.25, 0.3) is 6.08 Å². The smallest absolute Gasteiger partial charge is 0.189 e. The number of Topliss-reactive ketones (excluding diaryl/α,β-unsaturated/α-hetero) is 1. The lowest BCUT2D eigenvalue weighted by molar-refractivity contribution is 0.104. The molecule has 1 aliphatic rings. The van der Waals surface area contributed by atoms with E-state index in [2.05, 4.69) is 0 Å². The van der Waals surface area contributed by atoms with Gasteiger partial charge in [0.2, 0.25) is 0 Å². The van der Waals surface area contributed by atoms with Gasteiger partial charge in [0.05, 0.1) is 6.61 Å². The van der Waals surface area contributed by atoms with Gasteiger partial charge in [-0.25, -0.2) is 0 Å². The summed E-state index contributed by atoms with van der Waals surface area (Å²) in [6.45, 7) is 1.07. The zero-order valence-electron chi connectivity index (χ0n) is 12.5. The molecule has 0 saturated carbocycles. The second-order valence-corrected chi connectivity index (χ2v) is 5.25. The molecule has 0 unspecified atom stereocenters. The van der Waals surface area contributed by atoms with E-state index < -0.39 is 0 Å². The van der Waals surface area contributed by atoms with Crippen LogP contribution in [0, 0.1) is 0 Å². The Bertz CT molecular complexity index is 716. The number of ether oxygens (including phenoxy) is 2. The molecule has 3 nitrogen and oxygen atoms in total. The van der Waals surface area contributed by atoms with Gasteiger partial charge in [0.1, 0.15) is 12.4 Å². The molecule has 0 aromatic heterocycles. The molecular weight excluding hydrogens is 276 g/mol. The number of carbonyl (C=O) groups is 1. The maximum atomic E-state index is 12.4. The van der Waals surface area contributed by atoms with Crippen LogP contribution in [0.5, 0.6) is 5.75 Å². The number of benzene rings is 2. The summed E-state index contributed by atoms with van der Waals surface area (Å²) in [5, 5.41) is 0. The van der Waals surface area contributed by atoms with E-state index in [-0.39, 0.29) is 5.78 Å². The van der Waals surface area contributed by atoms with Crippen molar-refractivity contribution in [3.05, 3.63) is 70.8 Å². The standard InChI is InChI=1S/C19H18O3/c1-21-9-10-22-17-7-4-5-14(12-17)11-16-13-15-6-2-3-8-18(15)19(16)20/h2-8,11-12H,9-10,13H2,1H3/b16-11+. The molecule has 1 aliphatic carbocycles. The lowest BCUT2D eigenvalue weighted by Crippen LogP contribution is -2.04. The van der Waals surface area contributed by atoms with Crippen molar-refractivity contribution in [1.82, 2.24) is 0 Å². The molecule has 0 saturated heterocycles. The molecule has 0 N–H and O–H groups in total. The Morgan fingerprint density at radius 3 is 2.77 bits per heavy atom. The maximum absolute atomic E-state index is 12.4. The van der Waals surface area contributed by atoms with Crippen LogP contribution in [0.4, 0.5) is 0 Å². The average molecular weight is 294 g/mol. The zero-order chi connectivity index (χ0) is 15.4. The molecule has 0 radical (unpaired) electrons. The third-order valence-electron chi connectivity index (χ3n) is 3.69. The van der Waals surface area contributed by atoms with Crippen molar-refractivity contribution in [2.24, 2.45) is 0 Å². The van der Waals surface area contributed by atoms with Gasteiger partial charge in [-0.3, -0.25) is 4.79 Å². The number of hydrogen-bond donors (Lipinski definition) is 0. The van der Waals surface area contributed by atoms with E-state index in [1.165, 1.54) is 0 Å². The van der Waals surface area contributed by atoms with Crippen molar-refractivity contribution in [2.45, 2.75) is 6.42 Å². The summed E-state index contributed by atoms with van der Waals surface area (Å²) < 4.78 is 10.6. The van der Waals surface area contributed by atoms with Crippen molar-refractivity contribution in [3.8, 4) is 5.75 Å². The summed E-state index contributed by atoms with van der Waals surface area (Å²) in [6, 6.07) is 15.5. The topological polar surface area (TPSA) is 35.5 Å². The summed E-state index contributed by atoms with van der Waals surface area (Å²) >= 11 is 0. The second-order valence-electron chi connectivity index (χ2n) is 5.25. The first-order chi connectivity index (χ1) is 10.8. The minimum absolute atomic E-state index is 0.126. The first-order valence-corrected chi connectivity index (χ1v) is 7.33. The highest BCUT2D eigenvalue weighted by Crippen LogP contribution is 2.28. The lowest BCUT2D eigenvalue weighted by atomic mass is 10.1. The fourth-order valence-corrected chi connectivity index (χ4v) is 2.61. The predicted octanol–water partition coefficient (Wildman–Crippen LogP) is 3.53. The van der Waals surface area contributed by atoms with Gasteiger partial charge in [0.15, 0.2) is 5.78 Å². The first-order valence-electron chi connectivity index (χ1n) is 7.33. The van der Waals surface area contributed by atoms with E-state index in [9.17, 15) is 4.79 Å². The lowest BCUT2D eigenvalue weighted by Gasteiger charge is -2.06. The highest BCUT2D eigenvalue weighted by atomic mass is 16.5.